The van der Waals surface area contributed by atoms with Crippen LogP contribution in [0.3, 0.4) is 0 Å². The second kappa shape index (κ2) is 6.81. The van der Waals surface area contributed by atoms with E-state index in [1.807, 2.05) is 32.9 Å². The normalized spacial score (nSPS) is 18.1. The first-order valence-electron chi connectivity index (χ1n) is 8.48. The molecule has 0 radical (unpaired) electrons. The molecule has 0 unspecified atom stereocenters. The van der Waals surface area contributed by atoms with E-state index in [0.29, 0.717) is 19.7 Å². The molecular formula is C20H25NO3. The van der Waals surface area contributed by atoms with Crippen LogP contribution in [0.15, 0.2) is 42.5 Å². The SMILES string of the molecule is CC(C)(C)OC(=O)N1CC[C@@H](OCc2ccc3ccccc3c2)C1. The summed E-state index contributed by atoms with van der Waals surface area (Å²) in [5, 5.41) is 2.46. The van der Waals surface area contributed by atoms with Crippen LogP contribution in [0.2, 0.25) is 0 Å². The highest BCUT2D eigenvalue weighted by Crippen LogP contribution is 2.20. The standard InChI is InChI=1S/C20H25NO3/c1-20(2,3)24-19(22)21-11-10-18(13-21)23-14-15-8-9-16-6-4-5-7-17(16)12-15/h4-9,12,18H,10-11,13-14H2,1-3H3/t18-/m1/s1. The number of benzene rings is 2. The van der Waals surface area contributed by atoms with E-state index in [4.69, 9.17) is 9.47 Å². The maximum atomic E-state index is 12.1. The van der Waals surface area contributed by atoms with Crippen LogP contribution in [0, 0.1) is 0 Å². The van der Waals surface area contributed by atoms with Crippen molar-refractivity contribution in [3.05, 3.63) is 48.0 Å². The van der Waals surface area contributed by atoms with Crippen LogP contribution >= 0.6 is 0 Å². The number of hydrogen-bond acceptors (Lipinski definition) is 3. The molecule has 1 amide bonds. The highest BCUT2D eigenvalue weighted by Gasteiger charge is 2.30. The molecule has 1 fully saturated rings. The van der Waals surface area contributed by atoms with Crippen LogP contribution in [0.25, 0.3) is 10.8 Å². The number of fused-ring (bicyclic) bond motifs is 1. The van der Waals surface area contributed by atoms with E-state index in [2.05, 4.69) is 30.3 Å². The lowest BCUT2D eigenvalue weighted by atomic mass is 10.1. The van der Waals surface area contributed by atoms with E-state index < -0.39 is 5.60 Å². The van der Waals surface area contributed by atoms with Gasteiger partial charge in [-0.2, -0.15) is 0 Å². The summed E-state index contributed by atoms with van der Waals surface area (Å²) in [6.07, 6.45) is 0.676. The van der Waals surface area contributed by atoms with E-state index in [1.54, 1.807) is 4.90 Å². The van der Waals surface area contributed by atoms with Crippen LogP contribution in [-0.4, -0.2) is 35.8 Å². The number of carbonyl (C=O) groups excluding carboxylic acids is 1. The maximum Gasteiger partial charge on any atom is 0.410 e. The van der Waals surface area contributed by atoms with Crippen LogP contribution in [-0.2, 0) is 16.1 Å². The zero-order valence-corrected chi connectivity index (χ0v) is 14.6. The molecule has 128 valence electrons. The number of hydrogen-bond donors (Lipinski definition) is 0. The number of amides is 1. The van der Waals surface area contributed by atoms with Crippen molar-refractivity contribution >= 4 is 16.9 Å². The van der Waals surface area contributed by atoms with Gasteiger partial charge in [0.05, 0.1) is 19.3 Å². The molecule has 1 heterocycles. The van der Waals surface area contributed by atoms with Crippen LogP contribution in [0.1, 0.15) is 32.8 Å². The van der Waals surface area contributed by atoms with Gasteiger partial charge in [0, 0.05) is 6.54 Å². The van der Waals surface area contributed by atoms with Crippen molar-refractivity contribution in [3.8, 4) is 0 Å². The van der Waals surface area contributed by atoms with Gasteiger partial charge in [0.15, 0.2) is 0 Å². The van der Waals surface area contributed by atoms with Crippen LogP contribution in [0.4, 0.5) is 4.79 Å². The Morgan fingerprint density at radius 1 is 1.17 bits per heavy atom. The summed E-state index contributed by atoms with van der Waals surface area (Å²) in [4.78, 5) is 13.8. The predicted molar refractivity (Wildman–Crippen MR) is 94.9 cm³/mol. The Morgan fingerprint density at radius 2 is 1.92 bits per heavy atom. The van der Waals surface area contributed by atoms with Crippen LogP contribution in [0.5, 0.6) is 0 Å². The van der Waals surface area contributed by atoms with Crippen molar-refractivity contribution in [1.29, 1.82) is 0 Å². The van der Waals surface area contributed by atoms with Gasteiger partial charge in [-0.25, -0.2) is 4.79 Å². The van der Waals surface area contributed by atoms with E-state index in [9.17, 15) is 4.79 Å². The second-order valence-electron chi connectivity index (χ2n) is 7.33. The van der Waals surface area contributed by atoms with Crippen molar-refractivity contribution in [2.75, 3.05) is 13.1 Å². The summed E-state index contributed by atoms with van der Waals surface area (Å²) in [7, 11) is 0. The number of ether oxygens (including phenoxy) is 2. The van der Waals surface area contributed by atoms with E-state index in [-0.39, 0.29) is 12.2 Å². The summed E-state index contributed by atoms with van der Waals surface area (Å²) < 4.78 is 11.4. The average molecular weight is 327 g/mol. The molecule has 2 aromatic rings. The maximum absolute atomic E-state index is 12.1. The molecule has 4 heteroatoms. The third-order valence-electron chi connectivity index (χ3n) is 4.10. The summed E-state index contributed by atoms with van der Waals surface area (Å²) in [5.41, 5.74) is 0.700. The summed E-state index contributed by atoms with van der Waals surface area (Å²) in [6.45, 7) is 7.51. The first-order chi connectivity index (χ1) is 11.4. The monoisotopic (exact) mass is 327 g/mol. The van der Waals surface area contributed by atoms with Crippen molar-refractivity contribution in [2.24, 2.45) is 0 Å². The molecular weight excluding hydrogens is 302 g/mol. The quantitative estimate of drug-likeness (QED) is 0.840. The van der Waals surface area contributed by atoms with Gasteiger partial charge in [-0.05, 0) is 49.6 Å². The zero-order chi connectivity index (χ0) is 17.2. The minimum absolute atomic E-state index is 0.0731. The van der Waals surface area contributed by atoms with Gasteiger partial charge in [-0.3, -0.25) is 0 Å². The minimum atomic E-state index is -0.457. The Bertz CT molecular complexity index is 720. The molecule has 1 atom stereocenters. The first kappa shape index (κ1) is 16.8. The zero-order valence-electron chi connectivity index (χ0n) is 14.6. The number of rotatable bonds is 3. The third kappa shape index (κ3) is 4.26. The average Bonchev–Trinajstić information content (AvgIpc) is 3.00. The molecule has 0 spiro atoms. The molecule has 0 bridgehead atoms. The van der Waals surface area contributed by atoms with Gasteiger partial charge in [0.1, 0.15) is 5.60 Å². The molecule has 1 aliphatic rings. The molecule has 0 saturated carbocycles. The molecule has 0 aliphatic carbocycles. The van der Waals surface area contributed by atoms with Gasteiger partial charge < -0.3 is 14.4 Å². The molecule has 2 aromatic carbocycles. The molecule has 3 rings (SSSR count). The minimum Gasteiger partial charge on any atom is -0.444 e. The van der Waals surface area contributed by atoms with Crippen molar-refractivity contribution in [2.45, 2.75) is 45.5 Å². The van der Waals surface area contributed by atoms with Gasteiger partial charge in [0.2, 0.25) is 0 Å². The lowest BCUT2D eigenvalue weighted by Crippen LogP contribution is -2.36. The van der Waals surface area contributed by atoms with E-state index >= 15 is 0 Å². The Labute approximate surface area is 143 Å². The molecule has 0 aromatic heterocycles. The molecule has 0 N–H and O–H groups in total. The highest BCUT2D eigenvalue weighted by atomic mass is 16.6. The fraction of sp³-hybridized carbons (Fsp3) is 0.450. The molecule has 4 nitrogen and oxygen atoms in total. The van der Waals surface area contributed by atoms with Gasteiger partial charge in [-0.15, -0.1) is 0 Å². The van der Waals surface area contributed by atoms with Crippen molar-refractivity contribution < 1.29 is 14.3 Å². The lowest BCUT2D eigenvalue weighted by Gasteiger charge is -2.24. The first-order valence-corrected chi connectivity index (χ1v) is 8.48. The largest absolute Gasteiger partial charge is 0.444 e. The summed E-state index contributed by atoms with van der Waals surface area (Å²) in [6, 6.07) is 14.7. The molecule has 1 saturated heterocycles. The predicted octanol–water partition coefficient (Wildman–Crippen LogP) is 4.37. The smallest absolute Gasteiger partial charge is 0.410 e. The van der Waals surface area contributed by atoms with Gasteiger partial charge in [-0.1, -0.05) is 36.4 Å². The molecule has 24 heavy (non-hydrogen) atoms. The number of likely N-dealkylation sites (tertiary alicyclic amines) is 1. The lowest BCUT2D eigenvalue weighted by molar-refractivity contribution is 0.0184. The number of carbonyl (C=O) groups is 1. The van der Waals surface area contributed by atoms with Crippen LogP contribution < -0.4 is 0 Å². The highest BCUT2D eigenvalue weighted by molar-refractivity contribution is 5.82. The van der Waals surface area contributed by atoms with E-state index in [1.165, 1.54) is 10.8 Å². The fourth-order valence-corrected chi connectivity index (χ4v) is 2.90. The van der Waals surface area contributed by atoms with Gasteiger partial charge in [0.25, 0.3) is 0 Å². The Hall–Kier alpha value is -2.07. The third-order valence-corrected chi connectivity index (χ3v) is 4.10. The Kier molecular flexibility index (Phi) is 4.76. The topological polar surface area (TPSA) is 38.8 Å². The Morgan fingerprint density at radius 3 is 2.67 bits per heavy atom. The summed E-state index contributed by atoms with van der Waals surface area (Å²) in [5.74, 6) is 0. The molecule has 1 aliphatic heterocycles. The van der Waals surface area contributed by atoms with Gasteiger partial charge >= 0.3 is 6.09 Å². The Balaban J connectivity index is 1.53. The summed E-state index contributed by atoms with van der Waals surface area (Å²) >= 11 is 0. The second-order valence-corrected chi connectivity index (χ2v) is 7.33. The van der Waals surface area contributed by atoms with Crippen molar-refractivity contribution in [3.63, 3.8) is 0 Å². The van der Waals surface area contributed by atoms with E-state index in [0.717, 1.165) is 12.0 Å². The van der Waals surface area contributed by atoms with Crippen molar-refractivity contribution in [1.82, 2.24) is 4.90 Å². The number of nitrogens with zero attached hydrogens (tertiary/aromatic N) is 1. The fourth-order valence-electron chi connectivity index (χ4n) is 2.90.